The second-order valence-electron chi connectivity index (χ2n) is 5.29. The number of nitrogens with one attached hydrogen (secondary N) is 2. The largest absolute Gasteiger partial charge is 0.338 e. The Bertz CT molecular complexity index is 301. The number of carbonyl (C=O) groups excluding carboxylic acids is 2. The molecule has 0 spiro atoms. The highest BCUT2D eigenvalue weighted by Gasteiger charge is 2.23. The smallest absolute Gasteiger partial charge is 0.321 e. The summed E-state index contributed by atoms with van der Waals surface area (Å²) >= 11 is 0. The maximum absolute atomic E-state index is 11.7. The third kappa shape index (κ3) is 6.02. The topological polar surface area (TPSA) is 87.5 Å². The summed E-state index contributed by atoms with van der Waals surface area (Å²) in [6, 6.07) is 0.286. The van der Waals surface area contributed by atoms with E-state index in [2.05, 4.69) is 10.6 Å². The van der Waals surface area contributed by atoms with Crippen molar-refractivity contribution in [3.05, 3.63) is 0 Å². The predicted molar refractivity (Wildman–Crippen MR) is 74.7 cm³/mol. The van der Waals surface area contributed by atoms with Gasteiger partial charge < -0.3 is 11.1 Å². The van der Waals surface area contributed by atoms with Crippen LogP contribution in [0.5, 0.6) is 0 Å². The van der Waals surface area contributed by atoms with Gasteiger partial charge >= 0.3 is 6.03 Å². The van der Waals surface area contributed by atoms with E-state index in [0.29, 0.717) is 18.6 Å². The molecule has 0 unspecified atom stereocenters. The van der Waals surface area contributed by atoms with E-state index in [-0.39, 0.29) is 12.5 Å². The Morgan fingerprint density at radius 2 is 1.89 bits per heavy atom. The van der Waals surface area contributed by atoms with Crippen LogP contribution in [0.4, 0.5) is 4.79 Å². The Morgan fingerprint density at radius 1 is 1.26 bits per heavy atom. The molecule has 0 aromatic rings. The molecule has 6 heteroatoms. The molecule has 1 rings (SSSR count). The maximum Gasteiger partial charge on any atom is 0.321 e. The molecule has 0 atom stereocenters. The molecular weight excluding hydrogens is 244 g/mol. The number of nitrogens with zero attached hydrogens (tertiary/aromatic N) is 1. The third-order valence-electron chi connectivity index (χ3n) is 3.55. The Balaban J connectivity index is 2.25. The first-order chi connectivity index (χ1) is 9.02. The Hall–Kier alpha value is -1.14. The van der Waals surface area contributed by atoms with Crippen LogP contribution < -0.4 is 16.4 Å². The summed E-state index contributed by atoms with van der Waals surface area (Å²) in [5.41, 5.74) is 5.86. The van der Waals surface area contributed by atoms with Gasteiger partial charge in [-0.3, -0.25) is 15.0 Å². The summed E-state index contributed by atoms with van der Waals surface area (Å²) in [7, 11) is 1.92. The quantitative estimate of drug-likeness (QED) is 0.676. The van der Waals surface area contributed by atoms with Crippen molar-refractivity contribution >= 4 is 11.9 Å². The number of hydrogen-bond acceptors (Lipinski definition) is 4. The van der Waals surface area contributed by atoms with Gasteiger partial charge in [-0.2, -0.15) is 0 Å². The zero-order chi connectivity index (χ0) is 14.3. The van der Waals surface area contributed by atoms with Gasteiger partial charge in [0.1, 0.15) is 0 Å². The minimum atomic E-state index is -0.411. The van der Waals surface area contributed by atoms with E-state index in [9.17, 15) is 9.59 Å². The van der Waals surface area contributed by atoms with Crippen molar-refractivity contribution in [2.24, 2.45) is 5.73 Å². The number of amides is 3. The van der Waals surface area contributed by atoms with Gasteiger partial charge in [0.2, 0.25) is 5.91 Å². The van der Waals surface area contributed by atoms with Gasteiger partial charge in [0.15, 0.2) is 0 Å². The van der Waals surface area contributed by atoms with Crippen molar-refractivity contribution in [3.8, 4) is 0 Å². The molecule has 1 aliphatic carbocycles. The van der Waals surface area contributed by atoms with Gasteiger partial charge in [-0.25, -0.2) is 4.79 Å². The first kappa shape index (κ1) is 15.9. The van der Waals surface area contributed by atoms with E-state index in [1.807, 2.05) is 18.9 Å². The summed E-state index contributed by atoms with van der Waals surface area (Å²) < 4.78 is 0. The van der Waals surface area contributed by atoms with E-state index in [0.717, 1.165) is 32.1 Å². The average molecular weight is 270 g/mol. The first-order valence-electron chi connectivity index (χ1n) is 7.06. The number of urea groups is 1. The molecule has 19 heavy (non-hydrogen) atoms. The summed E-state index contributed by atoms with van der Waals surface area (Å²) in [5.74, 6) is -0.258. The van der Waals surface area contributed by atoms with Crippen molar-refractivity contribution in [2.45, 2.75) is 51.1 Å². The molecule has 0 aromatic heterocycles. The van der Waals surface area contributed by atoms with Gasteiger partial charge in [0.05, 0.1) is 6.54 Å². The summed E-state index contributed by atoms with van der Waals surface area (Å²) in [6.07, 6.45) is 4.91. The SMILES string of the molecule is CCCNC(=O)NC(=O)CN(C)C1CCC(N)CC1. The highest BCUT2D eigenvalue weighted by Crippen LogP contribution is 2.20. The van der Waals surface area contributed by atoms with Crippen LogP contribution in [-0.2, 0) is 4.79 Å². The molecule has 0 heterocycles. The van der Waals surface area contributed by atoms with Crippen LogP contribution in [0.15, 0.2) is 0 Å². The van der Waals surface area contributed by atoms with Crippen LogP contribution in [-0.4, -0.2) is 49.1 Å². The minimum absolute atomic E-state index is 0.249. The van der Waals surface area contributed by atoms with E-state index in [1.54, 1.807) is 0 Å². The van der Waals surface area contributed by atoms with Gasteiger partial charge in [0.25, 0.3) is 0 Å². The fraction of sp³-hybridized carbons (Fsp3) is 0.846. The van der Waals surface area contributed by atoms with Crippen LogP contribution in [0.25, 0.3) is 0 Å². The molecular formula is C13H26N4O2. The Kier molecular flexibility index (Phi) is 6.80. The second kappa shape index (κ2) is 8.12. The lowest BCUT2D eigenvalue weighted by Crippen LogP contribution is -2.47. The molecule has 1 saturated carbocycles. The molecule has 1 fully saturated rings. The fourth-order valence-electron chi connectivity index (χ4n) is 2.35. The molecule has 0 aliphatic heterocycles. The lowest BCUT2D eigenvalue weighted by molar-refractivity contribution is -0.121. The molecule has 4 N–H and O–H groups in total. The molecule has 0 radical (unpaired) electrons. The number of nitrogens with two attached hydrogens (primary N) is 1. The lowest BCUT2D eigenvalue weighted by atomic mass is 9.91. The van der Waals surface area contributed by atoms with E-state index < -0.39 is 6.03 Å². The fourth-order valence-corrected chi connectivity index (χ4v) is 2.35. The van der Waals surface area contributed by atoms with Crippen LogP contribution in [0.2, 0.25) is 0 Å². The van der Waals surface area contributed by atoms with Crippen LogP contribution in [0.1, 0.15) is 39.0 Å². The van der Waals surface area contributed by atoms with Gasteiger partial charge in [-0.05, 0) is 39.2 Å². The van der Waals surface area contributed by atoms with Gasteiger partial charge in [-0.15, -0.1) is 0 Å². The van der Waals surface area contributed by atoms with E-state index in [4.69, 9.17) is 5.73 Å². The second-order valence-corrected chi connectivity index (χ2v) is 5.29. The van der Waals surface area contributed by atoms with Crippen molar-refractivity contribution in [1.82, 2.24) is 15.5 Å². The molecule has 1 aliphatic rings. The molecule has 110 valence electrons. The van der Waals surface area contributed by atoms with E-state index >= 15 is 0 Å². The summed E-state index contributed by atoms with van der Waals surface area (Å²) in [6.45, 7) is 2.79. The lowest BCUT2D eigenvalue weighted by Gasteiger charge is -2.32. The van der Waals surface area contributed by atoms with Crippen molar-refractivity contribution < 1.29 is 9.59 Å². The van der Waals surface area contributed by atoms with Crippen LogP contribution >= 0.6 is 0 Å². The number of likely N-dealkylation sites (N-methyl/N-ethyl adjacent to an activating group) is 1. The number of carbonyl (C=O) groups is 2. The van der Waals surface area contributed by atoms with Crippen molar-refractivity contribution in [2.75, 3.05) is 20.1 Å². The van der Waals surface area contributed by atoms with Crippen molar-refractivity contribution in [3.63, 3.8) is 0 Å². The number of imide groups is 1. The Labute approximate surface area is 115 Å². The Morgan fingerprint density at radius 3 is 2.47 bits per heavy atom. The maximum atomic E-state index is 11.7. The monoisotopic (exact) mass is 270 g/mol. The summed E-state index contributed by atoms with van der Waals surface area (Å²) in [5, 5.41) is 4.95. The van der Waals surface area contributed by atoms with Crippen LogP contribution in [0, 0.1) is 0 Å². The van der Waals surface area contributed by atoms with Gasteiger partial charge in [0, 0.05) is 18.6 Å². The number of rotatable bonds is 5. The predicted octanol–water partition coefficient (Wildman–Crippen LogP) is 0.424. The normalized spacial score (nSPS) is 23.2. The molecule has 0 aromatic carbocycles. The standard InChI is InChI=1S/C13H26N4O2/c1-3-8-15-13(19)16-12(18)9-17(2)11-6-4-10(14)5-7-11/h10-11H,3-9,14H2,1-2H3,(H2,15,16,18,19). The number of hydrogen-bond donors (Lipinski definition) is 3. The highest BCUT2D eigenvalue weighted by atomic mass is 16.2. The third-order valence-corrected chi connectivity index (χ3v) is 3.55. The summed E-state index contributed by atoms with van der Waals surface area (Å²) in [4.78, 5) is 25.0. The van der Waals surface area contributed by atoms with Crippen LogP contribution in [0.3, 0.4) is 0 Å². The first-order valence-corrected chi connectivity index (χ1v) is 7.06. The molecule has 3 amide bonds. The molecule has 6 nitrogen and oxygen atoms in total. The zero-order valence-corrected chi connectivity index (χ0v) is 11.9. The van der Waals surface area contributed by atoms with Gasteiger partial charge in [-0.1, -0.05) is 6.92 Å². The van der Waals surface area contributed by atoms with Crippen molar-refractivity contribution in [1.29, 1.82) is 0 Å². The molecule has 0 saturated heterocycles. The highest BCUT2D eigenvalue weighted by molar-refractivity contribution is 5.95. The zero-order valence-electron chi connectivity index (χ0n) is 11.9. The average Bonchev–Trinajstić information content (AvgIpc) is 2.36. The van der Waals surface area contributed by atoms with E-state index in [1.165, 1.54) is 0 Å². The molecule has 0 bridgehead atoms. The minimum Gasteiger partial charge on any atom is -0.338 e.